The molecular weight excluding hydrogens is 358 g/mol. The van der Waals surface area contributed by atoms with Crippen molar-refractivity contribution in [3.63, 3.8) is 0 Å². The van der Waals surface area contributed by atoms with Gasteiger partial charge < -0.3 is 10.4 Å². The third kappa shape index (κ3) is 2.20. The number of benzene rings is 1. The van der Waals surface area contributed by atoms with E-state index in [1.807, 2.05) is 39.8 Å². The molecular formula is C21H27N3O4. The van der Waals surface area contributed by atoms with Gasteiger partial charge in [-0.15, -0.1) is 0 Å². The van der Waals surface area contributed by atoms with Crippen LogP contribution < -0.4 is 10.6 Å². The van der Waals surface area contributed by atoms with Crippen molar-refractivity contribution in [1.29, 1.82) is 0 Å². The van der Waals surface area contributed by atoms with Crippen molar-refractivity contribution in [2.75, 3.05) is 5.32 Å². The van der Waals surface area contributed by atoms with E-state index in [1.54, 1.807) is 6.92 Å². The zero-order chi connectivity index (χ0) is 20.5. The summed E-state index contributed by atoms with van der Waals surface area (Å²) in [5.74, 6) is -2.59. The second-order valence-corrected chi connectivity index (χ2v) is 8.48. The van der Waals surface area contributed by atoms with E-state index in [-0.39, 0.29) is 23.8 Å². The van der Waals surface area contributed by atoms with E-state index < -0.39 is 29.5 Å². The molecule has 2 fully saturated rings. The van der Waals surface area contributed by atoms with Crippen LogP contribution in [0, 0.1) is 25.7 Å². The average molecular weight is 385 g/mol. The van der Waals surface area contributed by atoms with Gasteiger partial charge in [0.15, 0.2) is 0 Å². The second kappa shape index (κ2) is 6.12. The summed E-state index contributed by atoms with van der Waals surface area (Å²) >= 11 is 0. The topological polar surface area (TPSA) is 98.7 Å². The lowest BCUT2D eigenvalue weighted by Gasteiger charge is -2.31. The number of nitrogens with zero attached hydrogens (tertiary/aromatic N) is 1. The molecule has 0 aliphatic carbocycles. The molecule has 2 saturated heterocycles. The summed E-state index contributed by atoms with van der Waals surface area (Å²) in [6.45, 7) is 9.20. The van der Waals surface area contributed by atoms with Crippen LogP contribution in [-0.4, -0.2) is 45.9 Å². The molecule has 1 spiro atoms. The molecule has 0 aromatic heterocycles. The second-order valence-electron chi connectivity index (χ2n) is 8.48. The number of anilines is 1. The number of aryl methyl sites for hydroxylation is 2. The normalized spacial score (nSPS) is 33.3. The zero-order valence-electron chi connectivity index (χ0n) is 16.9. The zero-order valence-corrected chi connectivity index (χ0v) is 16.9. The van der Waals surface area contributed by atoms with E-state index in [0.29, 0.717) is 17.7 Å². The molecule has 7 nitrogen and oxygen atoms in total. The van der Waals surface area contributed by atoms with Crippen molar-refractivity contribution < 1.29 is 19.5 Å². The Hall–Kier alpha value is -2.25. The van der Waals surface area contributed by atoms with Crippen LogP contribution in [0.2, 0.25) is 0 Å². The monoisotopic (exact) mass is 385 g/mol. The van der Waals surface area contributed by atoms with Crippen LogP contribution in [0.25, 0.3) is 0 Å². The summed E-state index contributed by atoms with van der Waals surface area (Å²) in [4.78, 5) is 41.3. The van der Waals surface area contributed by atoms with E-state index in [0.717, 1.165) is 11.1 Å². The molecule has 7 heteroatoms. The van der Waals surface area contributed by atoms with Gasteiger partial charge in [-0.25, -0.2) is 0 Å². The molecule has 6 unspecified atom stereocenters. The smallest absolute Gasteiger partial charge is 0.250 e. The Bertz CT molecular complexity index is 896. The Morgan fingerprint density at radius 1 is 1.18 bits per heavy atom. The van der Waals surface area contributed by atoms with E-state index >= 15 is 0 Å². The molecule has 3 aliphatic rings. The molecule has 0 radical (unpaired) electrons. The summed E-state index contributed by atoms with van der Waals surface area (Å²) < 4.78 is 0. The fourth-order valence-corrected chi connectivity index (χ4v) is 5.24. The number of aliphatic hydroxyl groups is 1. The van der Waals surface area contributed by atoms with Gasteiger partial charge in [-0.1, -0.05) is 24.6 Å². The van der Waals surface area contributed by atoms with Gasteiger partial charge in [0.05, 0.1) is 17.9 Å². The predicted molar refractivity (Wildman–Crippen MR) is 103 cm³/mol. The first-order valence-electron chi connectivity index (χ1n) is 9.91. The minimum atomic E-state index is -1.34. The Kier molecular flexibility index (Phi) is 4.17. The molecule has 4 rings (SSSR count). The van der Waals surface area contributed by atoms with Gasteiger partial charge in [-0.2, -0.15) is 0 Å². The summed E-state index contributed by atoms with van der Waals surface area (Å²) in [5, 5.41) is 16.6. The summed E-state index contributed by atoms with van der Waals surface area (Å²) in [7, 11) is 0. The average Bonchev–Trinajstić information content (AvgIpc) is 3.21. The predicted octanol–water partition coefficient (Wildman–Crippen LogP) is 1.20. The number of carbonyl (C=O) groups excluding carboxylic acids is 3. The van der Waals surface area contributed by atoms with Crippen molar-refractivity contribution in [3.05, 3.63) is 28.8 Å². The highest BCUT2D eigenvalue weighted by atomic mass is 16.3. The van der Waals surface area contributed by atoms with Crippen molar-refractivity contribution in [2.24, 2.45) is 11.8 Å². The fraction of sp³-hybridized carbons (Fsp3) is 0.571. The van der Waals surface area contributed by atoms with Crippen molar-refractivity contribution >= 4 is 23.4 Å². The molecule has 150 valence electrons. The largest absolute Gasteiger partial charge is 0.392 e. The molecule has 1 aromatic rings. The van der Waals surface area contributed by atoms with E-state index in [9.17, 15) is 19.5 Å². The van der Waals surface area contributed by atoms with Crippen LogP contribution in [0.5, 0.6) is 0 Å². The summed E-state index contributed by atoms with van der Waals surface area (Å²) in [5.41, 5.74) is 1.93. The molecule has 0 bridgehead atoms. The van der Waals surface area contributed by atoms with E-state index in [1.165, 1.54) is 4.90 Å². The standard InChI is InChI=1S/C21H27N3O4/c1-6-11(4)24-18(26)14-15(19(24)27)21(23-17(14)12(5)25)13-8-9(2)7-10(3)16(13)22-20(21)28/h7-8,11-12,14-15,17,23,25H,6H2,1-5H3,(H,22,28). The van der Waals surface area contributed by atoms with Crippen molar-refractivity contribution in [2.45, 2.75) is 64.8 Å². The number of carbonyl (C=O) groups is 3. The maximum atomic E-state index is 13.5. The molecule has 3 heterocycles. The molecule has 28 heavy (non-hydrogen) atoms. The molecule has 0 saturated carbocycles. The number of aliphatic hydroxyl groups excluding tert-OH is 1. The Morgan fingerprint density at radius 3 is 2.46 bits per heavy atom. The number of hydrogen-bond acceptors (Lipinski definition) is 5. The quantitative estimate of drug-likeness (QED) is 0.679. The number of rotatable bonds is 3. The first-order valence-corrected chi connectivity index (χ1v) is 9.91. The minimum Gasteiger partial charge on any atom is -0.392 e. The highest BCUT2D eigenvalue weighted by molar-refractivity contribution is 6.15. The summed E-state index contributed by atoms with van der Waals surface area (Å²) in [6.07, 6.45) is -0.249. The van der Waals surface area contributed by atoms with Crippen LogP contribution in [0.15, 0.2) is 12.1 Å². The number of nitrogens with one attached hydrogen (secondary N) is 2. The van der Waals surface area contributed by atoms with Gasteiger partial charge in [0, 0.05) is 23.3 Å². The van der Waals surface area contributed by atoms with Crippen LogP contribution in [0.3, 0.4) is 0 Å². The summed E-state index contributed by atoms with van der Waals surface area (Å²) in [6, 6.07) is 2.95. The van der Waals surface area contributed by atoms with Crippen LogP contribution in [0.1, 0.15) is 43.9 Å². The highest BCUT2D eigenvalue weighted by Gasteiger charge is 2.71. The first kappa shape index (κ1) is 19.1. The third-order valence-corrected chi connectivity index (χ3v) is 6.69. The number of amides is 3. The first-order chi connectivity index (χ1) is 13.1. The molecule has 3 aliphatic heterocycles. The Balaban J connectivity index is 1.94. The van der Waals surface area contributed by atoms with E-state index in [2.05, 4.69) is 10.6 Å². The van der Waals surface area contributed by atoms with Crippen molar-refractivity contribution in [3.8, 4) is 0 Å². The number of fused-ring (bicyclic) bond motifs is 4. The van der Waals surface area contributed by atoms with E-state index in [4.69, 9.17) is 0 Å². The van der Waals surface area contributed by atoms with Crippen LogP contribution in [-0.2, 0) is 19.9 Å². The van der Waals surface area contributed by atoms with Gasteiger partial charge in [-0.3, -0.25) is 24.6 Å². The van der Waals surface area contributed by atoms with Crippen LogP contribution >= 0.6 is 0 Å². The number of hydrogen-bond donors (Lipinski definition) is 3. The lowest BCUT2D eigenvalue weighted by atomic mass is 9.75. The SMILES string of the molecule is CCC(C)N1C(=O)C2C(C(C)O)NC3(C(=O)Nc4c(C)cc(C)cc43)C2C1=O. The number of imide groups is 1. The molecule has 3 amide bonds. The van der Waals surface area contributed by atoms with Gasteiger partial charge >= 0.3 is 0 Å². The maximum Gasteiger partial charge on any atom is 0.250 e. The van der Waals surface area contributed by atoms with Gasteiger partial charge in [0.1, 0.15) is 5.54 Å². The maximum absolute atomic E-state index is 13.5. The Morgan fingerprint density at radius 2 is 1.86 bits per heavy atom. The lowest BCUT2D eigenvalue weighted by Crippen LogP contribution is -2.55. The Labute approximate surface area is 164 Å². The minimum absolute atomic E-state index is 0.250. The lowest BCUT2D eigenvalue weighted by molar-refractivity contribution is -0.145. The van der Waals surface area contributed by atoms with Gasteiger partial charge in [0.25, 0.3) is 0 Å². The number of likely N-dealkylation sites (tertiary alicyclic amines) is 1. The third-order valence-electron chi connectivity index (χ3n) is 6.69. The van der Waals surface area contributed by atoms with Gasteiger partial charge in [-0.05, 0) is 39.7 Å². The van der Waals surface area contributed by atoms with Crippen molar-refractivity contribution in [1.82, 2.24) is 10.2 Å². The molecule has 3 N–H and O–H groups in total. The fourth-order valence-electron chi connectivity index (χ4n) is 5.24. The van der Waals surface area contributed by atoms with Gasteiger partial charge in [0.2, 0.25) is 17.7 Å². The highest BCUT2D eigenvalue weighted by Crippen LogP contribution is 2.54. The molecule has 1 aromatic carbocycles. The molecule has 6 atom stereocenters. The van der Waals surface area contributed by atoms with Crippen LogP contribution in [0.4, 0.5) is 5.69 Å².